The second kappa shape index (κ2) is 5.81. The Morgan fingerprint density at radius 3 is 2.40 bits per heavy atom. The van der Waals surface area contributed by atoms with Crippen LogP contribution in [0.25, 0.3) is 0 Å². The molecule has 0 bridgehead atoms. The molecule has 3 heteroatoms. The molecule has 0 aromatic heterocycles. The van der Waals surface area contributed by atoms with E-state index in [1.165, 1.54) is 0 Å². The first-order valence-electron chi connectivity index (χ1n) is 5.11. The second-order valence-corrected chi connectivity index (χ2v) is 4.43. The summed E-state index contributed by atoms with van der Waals surface area (Å²) in [7, 11) is 0. The summed E-state index contributed by atoms with van der Waals surface area (Å²) in [6, 6.07) is 9.96. The molecule has 15 heavy (non-hydrogen) atoms. The van der Waals surface area contributed by atoms with Crippen LogP contribution in [-0.2, 0) is 6.54 Å². The Labute approximate surface area is 96.7 Å². The third-order valence-electron chi connectivity index (χ3n) is 2.07. The van der Waals surface area contributed by atoms with Crippen molar-refractivity contribution in [3.05, 3.63) is 35.9 Å². The van der Waals surface area contributed by atoms with Crippen LogP contribution in [0, 0.1) is 5.92 Å². The molecule has 0 heterocycles. The molecule has 1 rings (SSSR count). The Morgan fingerprint density at radius 2 is 1.93 bits per heavy atom. The van der Waals surface area contributed by atoms with Crippen LogP contribution in [-0.4, -0.2) is 16.7 Å². The van der Waals surface area contributed by atoms with E-state index in [0.29, 0.717) is 12.5 Å². The van der Waals surface area contributed by atoms with Gasteiger partial charge in [-0.1, -0.05) is 56.8 Å². The minimum Gasteiger partial charge on any atom is -0.329 e. The Kier molecular flexibility index (Phi) is 4.69. The molecule has 0 fully saturated rings. The molecule has 0 atom stereocenters. The summed E-state index contributed by atoms with van der Waals surface area (Å²) in [5.41, 5.74) is 1.14. The van der Waals surface area contributed by atoms with E-state index >= 15 is 0 Å². The second-order valence-electron chi connectivity index (χ2n) is 4.04. The van der Waals surface area contributed by atoms with Gasteiger partial charge in [0.2, 0.25) is 0 Å². The highest BCUT2D eigenvalue weighted by Gasteiger charge is 2.11. The number of carbonyl (C=O) groups excluding carboxylic acids is 1. The first-order valence-corrected chi connectivity index (χ1v) is 5.56. The van der Waals surface area contributed by atoms with Gasteiger partial charge in [-0.3, -0.25) is 4.79 Å². The monoisotopic (exact) mass is 223 g/mol. The average Bonchev–Trinajstić information content (AvgIpc) is 2.17. The lowest BCUT2D eigenvalue weighted by molar-refractivity contribution is 0.213. The third-order valence-corrected chi connectivity index (χ3v) is 2.36. The molecule has 0 saturated heterocycles. The molecule has 0 aliphatic carbocycles. The zero-order valence-electron chi connectivity index (χ0n) is 9.18. The van der Waals surface area contributed by atoms with Crippen LogP contribution in [0.3, 0.4) is 0 Å². The summed E-state index contributed by atoms with van der Waals surface area (Å²) in [6.07, 6.45) is 0. The zero-order valence-corrected chi connectivity index (χ0v) is 10.1. The van der Waals surface area contributed by atoms with E-state index < -0.39 is 0 Å². The number of benzene rings is 1. The van der Waals surface area contributed by atoms with E-state index in [0.717, 1.165) is 12.1 Å². The van der Waals surface area contributed by atoms with Crippen molar-refractivity contribution in [3.63, 3.8) is 0 Å². The van der Waals surface area contributed by atoms with E-state index in [4.69, 9.17) is 0 Å². The molecule has 0 radical (unpaired) electrons. The summed E-state index contributed by atoms with van der Waals surface area (Å²) >= 11 is 3.89. The Morgan fingerprint density at radius 1 is 1.33 bits per heavy atom. The van der Waals surface area contributed by atoms with Crippen LogP contribution in [0.5, 0.6) is 0 Å². The van der Waals surface area contributed by atoms with Crippen molar-refractivity contribution in [1.82, 2.24) is 4.90 Å². The van der Waals surface area contributed by atoms with Crippen LogP contribution in [0.15, 0.2) is 30.3 Å². The van der Waals surface area contributed by atoms with Crippen molar-refractivity contribution in [2.75, 3.05) is 6.54 Å². The van der Waals surface area contributed by atoms with Gasteiger partial charge in [-0.15, -0.1) is 0 Å². The van der Waals surface area contributed by atoms with Crippen molar-refractivity contribution in [2.45, 2.75) is 20.4 Å². The largest absolute Gasteiger partial charge is 0.329 e. The molecule has 1 aromatic carbocycles. The van der Waals surface area contributed by atoms with Crippen LogP contribution in [0.1, 0.15) is 19.4 Å². The predicted molar refractivity (Wildman–Crippen MR) is 66.1 cm³/mol. The standard InChI is InChI=1S/C12H17NOS/c1-10(2)8-13(12(14)15)9-11-6-4-3-5-7-11/h3-7,10H,8-9H2,1-2H3,(H,14,15). The molecule has 2 nitrogen and oxygen atoms in total. The fourth-order valence-electron chi connectivity index (χ4n) is 1.45. The van der Waals surface area contributed by atoms with Crippen molar-refractivity contribution in [1.29, 1.82) is 0 Å². The van der Waals surface area contributed by atoms with Crippen LogP contribution in [0.4, 0.5) is 4.79 Å². The third kappa shape index (κ3) is 4.38. The quantitative estimate of drug-likeness (QED) is 0.777. The zero-order chi connectivity index (χ0) is 11.3. The van der Waals surface area contributed by atoms with Gasteiger partial charge in [0.05, 0.1) is 0 Å². The average molecular weight is 223 g/mol. The molecule has 0 spiro atoms. The molecule has 82 valence electrons. The molecule has 0 aliphatic heterocycles. The molecule has 0 N–H and O–H groups in total. The van der Waals surface area contributed by atoms with Gasteiger partial charge in [0.15, 0.2) is 0 Å². The van der Waals surface area contributed by atoms with Crippen molar-refractivity contribution < 1.29 is 4.79 Å². The summed E-state index contributed by atoms with van der Waals surface area (Å²) in [5.74, 6) is 0.463. The highest BCUT2D eigenvalue weighted by Crippen LogP contribution is 2.09. The van der Waals surface area contributed by atoms with Crippen LogP contribution < -0.4 is 0 Å². The van der Waals surface area contributed by atoms with Gasteiger partial charge < -0.3 is 4.90 Å². The van der Waals surface area contributed by atoms with E-state index in [9.17, 15) is 4.79 Å². The number of rotatable bonds is 4. The lowest BCUT2D eigenvalue weighted by Crippen LogP contribution is -2.29. The van der Waals surface area contributed by atoms with Crippen LogP contribution >= 0.6 is 12.6 Å². The minimum absolute atomic E-state index is 0.160. The van der Waals surface area contributed by atoms with Gasteiger partial charge in [-0.05, 0) is 11.5 Å². The van der Waals surface area contributed by atoms with Gasteiger partial charge in [0.1, 0.15) is 0 Å². The van der Waals surface area contributed by atoms with Gasteiger partial charge in [-0.25, -0.2) is 0 Å². The van der Waals surface area contributed by atoms with Crippen LogP contribution in [0.2, 0.25) is 0 Å². The van der Waals surface area contributed by atoms with E-state index in [-0.39, 0.29) is 5.24 Å². The maximum Gasteiger partial charge on any atom is 0.278 e. The number of hydrogen-bond donors (Lipinski definition) is 1. The number of carbonyl (C=O) groups is 1. The SMILES string of the molecule is CC(C)CN(Cc1ccccc1)C(=O)S. The first-order chi connectivity index (χ1) is 7.09. The first kappa shape index (κ1) is 12.1. The summed E-state index contributed by atoms with van der Waals surface area (Å²) < 4.78 is 0. The Balaban J connectivity index is 2.63. The van der Waals surface area contributed by atoms with Crippen molar-refractivity contribution in [2.24, 2.45) is 5.92 Å². The number of amides is 1. The van der Waals surface area contributed by atoms with Crippen molar-refractivity contribution in [3.8, 4) is 0 Å². The maximum atomic E-state index is 11.3. The molecule has 0 saturated carbocycles. The fourth-order valence-corrected chi connectivity index (χ4v) is 1.61. The number of hydrogen-bond acceptors (Lipinski definition) is 1. The lowest BCUT2D eigenvalue weighted by Gasteiger charge is -2.22. The normalized spacial score (nSPS) is 10.4. The van der Waals surface area contributed by atoms with Gasteiger partial charge >= 0.3 is 0 Å². The minimum atomic E-state index is -0.160. The molecular weight excluding hydrogens is 206 g/mol. The van der Waals surface area contributed by atoms with Gasteiger partial charge in [0.25, 0.3) is 5.24 Å². The summed E-state index contributed by atoms with van der Waals surface area (Å²) in [6.45, 7) is 5.57. The highest BCUT2D eigenvalue weighted by molar-refractivity contribution is 7.96. The fraction of sp³-hybridized carbons (Fsp3) is 0.417. The van der Waals surface area contributed by atoms with E-state index in [2.05, 4.69) is 26.5 Å². The Bertz CT molecular complexity index is 311. The lowest BCUT2D eigenvalue weighted by atomic mass is 10.2. The molecular formula is C12H17NOS. The number of nitrogens with zero attached hydrogens (tertiary/aromatic N) is 1. The Hall–Kier alpha value is -0.960. The molecule has 1 aromatic rings. The smallest absolute Gasteiger partial charge is 0.278 e. The molecule has 1 amide bonds. The van der Waals surface area contributed by atoms with E-state index in [1.54, 1.807) is 4.90 Å². The summed E-state index contributed by atoms with van der Waals surface area (Å²) in [5, 5.41) is -0.160. The topological polar surface area (TPSA) is 20.3 Å². The summed E-state index contributed by atoms with van der Waals surface area (Å²) in [4.78, 5) is 13.0. The number of thiol groups is 1. The van der Waals surface area contributed by atoms with E-state index in [1.807, 2.05) is 30.3 Å². The highest BCUT2D eigenvalue weighted by atomic mass is 32.1. The van der Waals surface area contributed by atoms with Gasteiger partial charge in [0, 0.05) is 13.1 Å². The molecule has 0 aliphatic rings. The predicted octanol–water partition coefficient (Wildman–Crippen LogP) is 3.19. The van der Waals surface area contributed by atoms with Gasteiger partial charge in [-0.2, -0.15) is 0 Å². The molecule has 0 unspecified atom stereocenters. The van der Waals surface area contributed by atoms with Crippen molar-refractivity contribution >= 4 is 17.9 Å². The maximum absolute atomic E-state index is 11.3.